The molecule has 134 valence electrons. The monoisotopic (exact) mass is 345 g/mol. The number of halogens is 3. The van der Waals surface area contributed by atoms with E-state index in [9.17, 15) is 23.1 Å². The Hall–Kier alpha value is -1.76. The van der Waals surface area contributed by atoms with Crippen LogP contribution in [0.25, 0.3) is 0 Å². The van der Waals surface area contributed by atoms with Gasteiger partial charge in [-0.25, -0.2) is 4.79 Å². The maximum Gasteiger partial charge on any atom is 0.416 e. The molecular weight excluding hydrogens is 323 g/mol. The third kappa shape index (κ3) is 5.40. The molecule has 2 unspecified atom stereocenters. The number of amides is 1. The third-order valence-electron chi connectivity index (χ3n) is 4.33. The number of nitrogens with one attached hydrogen (secondary N) is 1. The van der Waals surface area contributed by atoms with Crippen LogP contribution in [0.1, 0.15) is 37.7 Å². The zero-order valence-corrected chi connectivity index (χ0v) is 13.3. The van der Waals surface area contributed by atoms with Crippen molar-refractivity contribution in [2.75, 3.05) is 0 Å². The first-order valence-corrected chi connectivity index (χ1v) is 8.10. The van der Waals surface area contributed by atoms with Crippen molar-refractivity contribution in [3.05, 3.63) is 35.9 Å². The van der Waals surface area contributed by atoms with Gasteiger partial charge in [-0.15, -0.1) is 0 Å². The molecule has 2 N–H and O–H groups in total. The zero-order valence-electron chi connectivity index (χ0n) is 13.3. The number of hydrogen-bond acceptors (Lipinski definition) is 3. The normalized spacial score (nSPS) is 18.7. The molecule has 0 aliphatic heterocycles. The molecule has 0 heterocycles. The number of aliphatic hydroxyl groups excluding tert-OH is 1. The lowest BCUT2D eigenvalue weighted by Gasteiger charge is -2.34. The number of hydrogen-bond donors (Lipinski definition) is 2. The summed E-state index contributed by atoms with van der Waals surface area (Å²) >= 11 is 0. The number of carbonyl (C=O) groups is 1. The van der Waals surface area contributed by atoms with E-state index in [1.165, 1.54) is 0 Å². The Balaban J connectivity index is 1.97. The molecule has 2 atom stereocenters. The Bertz CT molecular complexity index is 516. The highest BCUT2D eigenvalue weighted by Gasteiger charge is 2.47. The summed E-state index contributed by atoms with van der Waals surface area (Å²) in [5, 5.41) is 11.9. The second-order valence-corrected chi connectivity index (χ2v) is 6.12. The van der Waals surface area contributed by atoms with Crippen LogP contribution in [0.15, 0.2) is 30.3 Å². The predicted octanol–water partition coefficient (Wildman–Crippen LogP) is 3.78. The van der Waals surface area contributed by atoms with Crippen molar-refractivity contribution in [1.82, 2.24) is 5.32 Å². The van der Waals surface area contributed by atoms with Crippen molar-refractivity contribution in [3.63, 3.8) is 0 Å². The number of rotatable bonds is 5. The van der Waals surface area contributed by atoms with Crippen molar-refractivity contribution in [1.29, 1.82) is 0 Å². The predicted molar refractivity (Wildman–Crippen MR) is 82.2 cm³/mol. The molecule has 0 aromatic heterocycles. The quantitative estimate of drug-likeness (QED) is 0.854. The summed E-state index contributed by atoms with van der Waals surface area (Å²) in [5.74, 6) is -0.403. The molecule has 1 saturated carbocycles. The van der Waals surface area contributed by atoms with Crippen molar-refractivity contribution >= 4 is 6.09 Å². The van der Waals surface area contributed by atoms with Crippen molar-refractivity contribution < 1.29 is 27.8 Å². The Labute approximate surface area is 139 Å². The lowest BCUT2D eigenvalue weighted by molar-refractivity contribution is -0.216. The summed E-state index contributed by atoms with van der Waals surface area (Å²) in [6.07, 6.45) is -4.66. The molecule has 1 aliphatic carbocycles. The molecule has 0 saturated heterocycles. The van der Waals surface area contributed by atoms with Crippen LogP contribution in [0.4, 0.5) is 18.0 Å². The molecular formula is C17H22F3NO3. The van der Waals surface area contributed by atoms with Gasteiger partial charge in [-0.2, -0.15) is 13.2 Å². The van der Waals surface area contributed by atoms with E-state index < -0.39 is 30.3 Å². The second kappa shape index (κ2) is 8.37. The molecule has 7 heteroatoms. The van der Waals surface area contributed by atoms with Crippen molar-refractivity contribution in [2.45, 2.75) is 57.0 Å². The molecule has 4 nitrogen and oxygen atoms in total. The van der Waals surface area contributed by atoms with Crippen LogP contribution < -0.4 is 5.32 Å². The number of alkyl carbamates (subject to hydrolysis) is 1. The molecule has 0 radical (unpaired) electrons. The van der Waals surface area contributed by atoms with Gasteiger partial charge in [-0.3, -0.25) is 0 Å². The summed E-state index contributed by atoms with van der Waals surface area (Å²) in [6, 6.07) is 7.47. The standard InChI is InChI=1S/C17H22F3NO3/c18-17(19,20)15(22)14(13-9-5-2-6-10-13)21-16(23)24-11-12-7-3-1-4-8-12/h1,3-4,7-8,13-15,22H,2,5-6,9-11H2,(H,21,23). The van der Waals surface area contributed by atoms with Gasteiger partial charge in [0.2, 0.25) is 0 Å². The fraction of sp³-hybridized carbons (Fsp3) is 0.588. The van der Waals surface area contributed by atoms with E-state index in [0.29, 0.717) is 12.8 Å². The summed E-state index contributed by atoms with van der Waals surface area (Å²) in [5.41, 5.74) is 0.734. The SMILES string of the molecule is O=C(NC(C1CCCCC1)C(O)C(F)(F)F)OCc1ccccc1. The minimum Gasteiger partial charge on any atom is -0.445 e. The smallest absolute Gasteiger partial charge is 0.416 e. The van der Waals surface area contributed by atoms with Crippen LogP contribution >= 0.6 is 0 Å². The minimum atomic E-state index is -4.78. The van der Waals surface area contributed by atoms with Crippen LogP contribution in [0, 0.1) is 5.92 Å². The first kappa shape index (κ1) is 18.6. The highest BCUT2D eigenvalue weighted by molar-refractivity contribution is 5.67. The highest BCUT2D eigenvalue weighted by Crippen LogP contribution is 2.33. The van der Waals surface area contributed by atoms with Crippen LogP contribution in [0.3, 0.4) is 0 Å². The van der Waals surface area contributed by atoms with Gasteiger partial charge in [-0.1, -0.05) is 49.6 Å². The summed E-state index contributed by atoms with van der Waals surface area (Å²) < 4.78 is 43.7. The number of aliphatic hydroxyl groups is 1. The molecule has 0 spiro atoms. The first-order chi connectivity index (χ1) is 11.4. The van der Waals surface area contributed by atoms with E-state index in [-0.39, 0.29) is 6.61 Å². The largest absolute Gasteiger partial charge is 0.445 e. The van der Waals surface area contributed by atoms with Crippen LogP contribution in [0.5, 0.6) is 0 Å². The van der Waals surface area contributed by atoms with Gasteiger partial charge in [-0.05, 0) is 24.3 Å². The van der Waals surface area contributed by atoms with Crippen molar-refractivity contribution in [3.8, 4) is 0 Å². The highest BCUT2D eigenvalue weighted by atomic mass is 19.4. The molecule has 1 fully saturated rings. The average Bonchev–Trinajstić information content (AvgIpc) is 2.58. The molecule has 1 aromatic carbocycles. The van der Waals surface area contributed by atoms with E-state index in [2.05, 4.69) is 5.32 Å². The lowest BCUT2D eigenvalue weighted by atomic mass is 9.81. The van der Waals surface area contributed by atoms with Gasteiger partial charge in [0.1, 0.15) is 6.61 Å². The Kier molecular flexibility index (Phi) is 6.48. The molecule has 2 rings (SSSR count). The lowest BCUT2D eigenvalue weighted by Crippen LogP contribution is -2.54. The van der Waals surface area contributed by atoms with E-state index in [1.54, 1.807) is 24.3 Å². The van der Waals surface area contributed by atoms with Gasteiger partial charge in [0.15, 0.2) is 6.10 Å². The molecule has 1 amide bonds. The third-order valence-corrected chi connectivity index (χ3v) is 4.33. The van der Waals surface area contributed by atoms with E-state index in [4.69, 9.17) is 4.74 Å². The topological polar surface area (TPSA) is 58.6 Å². The molecule has 0 bridgehead atoms. The molecule has 24 heavy (non-hydrogen) atoms. The summed E-state index contributed by atoms with van der Waals surface area (Å²) in [6.45, 7) is -0.0355. The number of ether oxygens (including phenoxy) is 1. The Morgan fingerprint density at radius 3 is 2.42 bits per heavy atom. The molecule has 1 aromatic rings. The summed E-state index contributed by atoms with van der Waals surface area (Å²) in [4.78, 5) is 11.9. The first-order valence-electron chi connectivity index (χ1n) is 8.10. The Morgan fingerprint density at radius 1 is 1.21 bits per heavy atom. The fourth-order valence-electron chi connectivity index (χ4n) is 3.05. The van der Waals surface area contributed by atoms with E-state index in [1.807, 2.05) is 6.07 Å². The number of benzene rings is 1. The van der Waals surface area contributed by atoms with Gasteiger partial charge in [0.25, 0.3) is 0 Å². The van der Waals surface area contributed by atoms with E-state index >= 15 is 0 Å². The maximum atomic E-state index is 12.9. The maximum absolute atomic E-state index is 12.9. The van der Waals surface area contributed by atoms with Crippen molar-refractivity contribution in [2.24, 2.45) is 5.92 Å². The zero-order chi connectivity index (χ0) is 17.6. The minimum absolute atomic E-state index is 0.0355. The summed E-state index contributed by atoms with van der Waals surface area (Å²) in [7, 11) is 0. The van der Waals surface area contributed by atoms with Gasteiger partial charge >= 0.3 is 12.3 Å². The average molecular weight is 345 g/mol. The van der Waals surface area contributed by atoms with Gasteiger partial charge in [0.05, 0.1) is 6.04 Å². The van der Waals surface area contributed by atoms with Crippen LogP contribution in [-0.2, 0) is 11.3 Å². The second-order valence-electron chi connectivity index (χ2n) is 6.12. The Morgan fingerprint density at radius 2 is 1.83 bits per heavy atom. The van der Waals surface area contributed by atoms with Gasteiger partial charge in [0, 0.05) is 0 Å². The van der Waals surface area contributed by atoms with Crippen LogP contribution in [-0.4, -0.2) is 29.5 Å². The molecule has 1 aliphatic rings. The number of carbonyl (C=O) groups excluding carboxylic acids is 1. The van der Waals surface area contributed by atoms with Gasteiger partial charge < -0.3 is 15.2 Å². The number of alkyl halides is 3. The van der Waals surface area contributed by atoms with E-state index in [0.717, 1.165) is 24.8 Å². The fourth-order valence-corrected chi connectivity index (χ4v) is 3.05. The van der Waals surface area contributed by atoms with Crippen LogP contribution in [0.2, 0.25) is 0 Å².